The molecule has 1 unspecified atom stereocenters. The molecule has 1 saturated heterocycles. The molecule has 1 atom stereocenters. The van der Waals surface area contributed by atoms with Crippen LogP contribution in [0.2, 0.25) is 0 Å². The fourth-order valence-corrected chi connectivity index (χ4v) is 2.59. The summed E-state index contributed by atoms with van der Waals surface area (Å²) in [6.45, 7) is 4.11. The molecule has 130 valence electrons. The zero-order chi connectivity index (χ0) is 17.5. The molecule has 0 aliphatic carbocycles. The Morgan fingerprint density at radius 2 is 2.38 bits per heavy atom. The number of rotatable bonds is 7. The molecular formula is C17H22FN3O3. The summed E-state index contributed by atoms with van der Waals surface area (Å²) < 4.78 is 17.3. The molecule has 24 heavy (non-hydrogen) atoms. The smallest absolute Gasteiger partial charge is 0.322 e. The first kappa shape index (κ1) is 17.8. The van der Waals surface area contributed by atoms with E-state index in [0.717, 1.165) is 0 Å². The van der Waals surface area contributed by atoms with Crippen LogP contribution < -0.4 is 10.1 Å². The molecule has 0 bridgehead atoms. The number of nitrogens with one attached hydrogen (secondary N) is 1. The lowest BCUT2D eigenvalue weighted by Crippen LogP contribution is -2.44. The summed E-state index contributed by atoms with van der Waals surface area (Å²) in [7, 11) is 1.60. The van der Waals surface area contributed by atoms with Crippen molar-refractivity contribution in [1.29, 1.82) is 0 Å². The summed E-state index contributed by atoms with van der Waals surface area (Å²) >= 11 is 0. The molecule has 0 spiro atoms. The molecule has 6 nitrogen and oxygen atoms in total. The van der Waals surface area contributed by atoms with E-state index in [4.69, 9.17) is 4.74 Å². The number of amides is 3. The highest BCUT2D eigenvalue weighted by Gasteiger charge is 2.35. The van der Waals surface area contributed by atoms with Gasteiger partial charge in [-0.2, -0.15) is 0 Å². The van der Waals surface area contributed by atoms with Gasteiger partial charge < -0.3 is 19.9 Å². The number of ether oxygens (including phenoxy) is 1. The van der Waals surface area contributed by atoms with Crippen molar-refractivity contribution in [2.24, 2.45) is 0 Å². The van der Waals surface area contributed by atoms with Crippen LogP contribution in [0.5, 0.6) is 5.75 Å². The van der Waals surface area contributed by atoms with Gasteiger partial charge >= 0.3 is 6.03 Å². The summed E-state index contributed by atoms with van der Waals surface area (Å²) in [5.41, 5.74) is 0.525. The Labute approximate surface area is 140 Å². The number of hydrogen-bond donors (Lipinski definition) is 1. The normalized spacial score (nSPS) is 16.8. The molecule has 1 aliphatic rings. The number of halogens is 1. The van der Waals surface area contributed by atoms with Crippen LogP contribution in [-0.2, 0) is 4.79 Å². The summed E-state index contributed by atoms with van der Waals surface area (Å²) in [5.74, 6) is 0.398. The molecule has 1 aromatic rings. The molecule has 1 aromatic carbocycles. The number of alkyl halides is 1. The number of hydrogen-bond acceptors (Lipinski definition) is 3. The van der Waals surface area contributed by atoms with E-state index in [-0.39, 0.29) is 18.5 Å². The van der Waals surface area contributed by atoms with Gasteiger partial charge in [-0.15, -0.1) is 6.58 Å². The van der Waals surface area contributed by atoms with Crippen LogP contribution in [-0.4, -0.2) is 61.2 Å². The van der Waals surface area contributed by atoms with Gasteiger partial charge in [-0.25, -0.2) is 9.18 Å². The quantitative estimate of drug-likeness (QED) is 0.778. The maximum atomic E-state index is 12.4. The molecule has 1 heterocycles. The van der Waals surface area contributed by atoms with Crippen molar-refractivity contribution >= 4 is 17.6 Å². The third-order valence-corrected chi connectivity index (χ3v) is 3.84. The first-order chi connectivity index (χ1) is 11.6. The van der Waals surface area contributed by atoms with Crippen LogP contribution in [0.3, 0.4) is 0 Å². The van der Waals surface area contributed by atoms with E-state index < -0.39 is 12.7 Å². The number of urea groups is 1. The van der Waals surface area contributed by atoms with E-state index in [0.29, 0.717) is 30.9 Å². The maximum absolute atomic E-state index is 12.4. The topological polar surface area (TPSA) is 61.9 Å². The lowest BCUT2D eigenvalue weighted by Gasteiger charge is -2.24. The lowest BCUT2D eigenvalue weighted by atomic mass is 10.2. The fraction of sp³-hybridized carbons (Fsp3) is 0.412. The van der Waals surface area contributed by atoms with Crippen molar-refractivity contribution in [3.63, 3.8) is 0 Å². The van der Waals surface area contributed by atoms with Crippen LogP contribution in [0.4, 0.5) is 14.9 Å². The molecule has 0 saturated carbocycles. The molecule has 1 aliphatic heterocycles. The van der Waals surface area contributed by atoms with Gasteiger partial charge in [-0.05, 0) is 18.6 Å². The Morgan fingerprint density at radius 1 is 1.58 bits per heavy atom. The minimum absolute atomic E-state index is 0.0347. The van der Waals surface area contributed by atoms with E-state index in [1.807, 2.05) is 0 Å². The number of anilines is 1. The second kappa shape index (κ2) is 8.33. The van der Waals surface area contributed by atoms with Gasteiger partial charge in [0.2, 0.25) is 5.91 Å². The minimum Gasteiger partial charge on any atom is -0.491 e. The van der Waals surface area contributed by atoms with Crippen molar-refractivity contribution in [3.05, 3.63) is 36.9 Å². The van der Waals surface area contributed by atoms with Gasteiger partial charge in [0, 0.05) is 31.9 Å². The van der Waals surface area contributed by atoms with Gasteiger partial charge in [-0.3, -0.25) is 4.79 Å². The van der Waals surface area contributed by atoms with E-state index in [2.05, 4.69) is 11.9 Å². The van der Waals surface area contributed by atoms with Gasteiger partial charge in [0.1, 0.15) is 25.1 Å². The number of carbonyl (C=O) groups excluding carboxylic acids is 2. The highest BCUT2D eigenvalue weighted by molar-refractivity contribution is 5.94. The van der Waals surface area contributed by atoms with Crippen LogP contribution in [0, 0.1) is 0 Å². The van der Waals surface area contributed by atoms with Gasteiger partial charge in [-0.1, -0.05) is 12.1 Å². The third-order valence-electron chi connectivity index (χ3n) is 3.84. The second-order valence-corrected chi connectivity index (χ2v) is 5.48. The lowest BCUT2D eigenvalue weighted by molar-refractivity contribution is -0.130. The predicted molar refractivity (Wildman–Crippen MR) is 89.9 cm³/mol. The standard InChI is InChI=1S/C17H22FN3O3/c1-3-9-21-10-7-15(16(21)22)20(2)17(23)19-13-5-4-6-14(12-13)24-11-8-18/h3-6,12,15H,1,7-11H2,2H3,(H,19,23). The second-order valence-electron chi connectivity index (χ2n) is 5.48. The molecule has 3 amide bonds. The zero-order valence-electron chi connectivity index (χ0n) is 13.7. The van der Waals surface area contributed by atoms with Gasteiger partial charge in [0.25, 0.3) is 0 Å². The average molecular weight is 335 g/mol. The predicted octanol–water partition coefficient (Wildman–Crippen LogP) is 2.29. The number of carbonyl (C=O) groups is 2. The summed E-state index contributed by atoms with van der Waals surface area (Å²) in [6.07, 6.45) is 2.26. The van der Waals surface area contributed by atoms with Crippen LogP contribution in [0.1, 0.15) is 6.42 Å². The van der Waals surface area contributed by atoms with Crippen molar-refractivity contribution in [2.45, 2.75) is 12.5 Å². The van der Waals surface area contributed by atoms with Crippen LogP contribution >= 0.6 is 0 Å². The average Bonchev–Trinajstić information content (AvgIpc) is 2.94. The summed E-state index contributed by atoms with van der Waals surface area (Å²) in [4.78, 5) is 27.7. The third kappa shape index (κ3) is 4.24. The van der Waals surface area contributed by atoms with E-state index in [9.17, 15) is 14.0 Å². The molecule has 1 fully saturated rings. The van der Waals surface area contributed by atoms with Gasteiger partial charge in [0.15, 0.2) is 0 Å². The van der Waals surface area contributed by atoms with Crippen LogP contribution in [0.15, 0.2) is 36.9 Å². The molecule has 0 radical (unpaired) electrons. The van der Waals surface area contributed by atoms with Gasteiger partial charge in [0.05, 0.1) is 0 Å². The number of benzene rings is 1. The Morgan fingerprint density at radius 3 is 3.08 bits per heavy atom. The van der Waals surface area contributed by atoms with E-state index >= 15 is 0 Å². The molecule has 0 aromatic heterocycles. The minimum atomic E-state index is -0.579. The summed E-state index contributed by atoms with van der Waals surface area (Å²) in [5, 5.41) is 2.73. The van der Waals surface area contributed by atoms with Crippen molar-refractivity contribution in [2.75, 3.05) is 38.7 Å². The summed E-state index contributed by atoms with van der Waals surface area (Å²) in [6, 6.07) is 5.85. The van der Waals surface area contributed by atoms with Crippen molar-refractivity contribution in [1.82, 2.24) is 9.80 Å². The highest BCUT2D eigenvalue weighted by atomic mass is 19.1. The van der Waals surface area contributed by atoms with Crippen molar-refractivity contribution in [3.8, 4) is 5.75 Å². The highest BCUT2D eigenvalue weighted by Crippen LogP contribution is 2.20. The molecule has 2 rings (SSSR count). The Bertz CT molecular complexity index is 608. The first-order valence-electron chi connectivity index (χ1n) is 7.79. The van der Waals surface area contributed by atoms with Crippen LogP contribution in [0.25, 0.3) is 0 Å². The Kier molecular flexibility index (Phi) is 6.17. The Hall–Kier alpha value is -2.57. The molecular weight excluding hydrogens is 313 g/mol. The largest absolute Gasteiger partial charge is 0.491 e. The Balaban J connectivity index is 1.97. The number of likely N-dealkylation sites (N-methyl/N-ethyl adjacent to an activating group) is 1. The fourth-order valence-electron chi connectivity index (χ4n) is 2.59. The first-order valence-corrected chi connectivity index (χ1v) is 7.79. The number of likely N-dealkylation sites (tertiary alicyclic amines) is 1. The maximum Gasteiger partial charge on any atom is 0.322 e. The van der Waals surface area contributed by atoms with Crippen molar-refractivity contribution < 1.29 is 18.7 Å². The number of nitrogens with zero attached hydrogens (tertiary/aromatic N) is 2. The molecule has 1 N–H and O–H groups in total. The van der Waals surface area contributed by atoms with E-state index in [1.165, 1.54) is 4.90 Å². The zero-order valence-corrected chi connectivity index (χ0v) is 13.7. The SMILES string of the molecule is C=CCN1CCC(N(C)C(=O)Nc2cccc(OCCF)c2)C1=O. The van der Waals surface area contributed by atoms with E-state index in [1.54, 1.807) is 42.3 Å². The monoisotopic (exact) mass is 335 g/mol. The molecule has 7 heteroatoms.